The average molecular weight is 308 g/mol. The number of hydrogen-bond acceptors (Lipinski definition) is 5. The molecule has 1 amide bonds. The standard InChI is InChI=1S/C15H20N2O5/c1-3-10(2)13(14(19)20)17-12(18)9-16-22-15(21)11-7-5-4-6-8-11/h4-8,10,13,16H,3,9H2,1-2H3,(H,17,18)(H,19,20)/t10-,13-/m0/s1. The first-order valence-corrected chi connectivity index (χ1v) is 6.97. The Morgan fingerprint density at radius 2 is 1.86 bits per heavy atom. The Balaban J connectivity index is 2.39. The van der Waals surface area contributed by atoms with Gasteiger partial charge in [-0.3, -0.25) is 4.79 Å². The van der Waals surface area contributed by atoms with Crippen molar-refractivity contribution in [3.63, 3.8) is 0 Å². The smallest absolute Gasteiger partial charge is 0.356 e. The first-order valence-electron chi connectivity index (χ1n) is 6.97. The predicted octanol–water partition coefficient (Wildman–Crippen LogP) is 0.963. The highest BCUT2D eigenvalue weighted by atomic mass is 16.7. The van der Waals surface area contributed by atoms with Crippen LogP contribution in [0.2, 0.25) is 0 Å². The van der Waals surface area contributed by atoms with Gasteiger partial charge in [0.05, 0.1) is 5.56 Å². The number of nitrogens with one attached hydrogen (secondary N) is 2. The lowest BCUT2D eigenvalue weighted by atomic mass is 9.99. The molecule has 7 nitrogen and oxygen atoms in total. The second-order valence-electron chi connectivity index (χ2n) is 4.85. The van der Waals surface area contributed by atoms with E-state index in [2.05, 4.69) is 10.8 Å². The second kappa shape index (κ2) is 8.78. The maximum absolute atomic E-state index is 11.7. The van der Waals surface area contributed by atoms with E-state index in [1.165, 1.54) is 0 Å². The molecule has 120 valence electrons. The molecule has 0 aliphatic rings. The Bertz CT molecular complexity index is 518. The van der Waals surface area contributed by atoms with Gasteiger partial charge >= 0.3 is 11.9 Å². The zero-order valence-corrected chi connectivity index (χ0v) is 12.5. The van der Waals surface area contributed by atoms with E-state index in [4.69, 9.17) is 9.94 Å². The quantitative estimate of drug-likeness (QED) is 0.618. The van der Waals surface area contributed by atoms with Crippen LogP contribution in [0.15, 0.2) is 30.3 Å². The molecule has 0 aliphatic carbocycles. The number of amides is 1. The molecule has 0 aromatic heterocycles. The summed E-state index contributed by atoms with van der Waals surface area (Å²) in [5.41, 5.74) is 2.58. The van der Waals surface area contributed by atoms with Crippen molar-refractivity contribution in [2.24, 2.45) is 5.92 Å². The van der Waals surface area contributed by atoms with Gasteiger partial charge in [0.1, 0.15) is 12.6 Å². The first kappa shape index (κ1) is 17.6. The predicted molar refractivity (Wildman–Crippen MR) is 78.9 cm³/mol. The first-order chi connectivity index (χ1) is 10.5. The van der Waals surface area contributed by atoms with Gasteiger partial charge < -0.3 is 15.3 Å². The molecule has 0 spiro atoms. The molecule has 3 N–H and O–H groups in total. The summed E-state index contributed by atoms with van der Waals surface area (Å²) in [5, 5.41) is 11.5. The van der Waals surface area contributed by atoms with Crippen molar-refractivity contribution in [3.8, 4) is 0 Å². The highest BCUT2D eigenvalue weighted by molar-refractivity contribution is 5.89. The number of hydroxylamine groups is 1. The van der Waals surface area contributed by atoms with E-state index >= 15 is 0 Å². The fourth-order valence-corrected chi connectivity index (χ4v) is 1.71. The number of carbonyl (C=O) groups is 3. The van der Waals surface area contributed by atoms with Crippen LogP contribution in [0.4, 0.5) is 0 Å². The van der Waals surface area contributed by atoms with Crippen molar-refractivity contribution in [1.29, 1.82) is 0 Å². The molecule has 1 aromatic rings. The van der Waals surface area contributed by atoms with Crippen LogP contribution >= 0.6 is 0 Å². The molecule has 0 heterocycles. The summed E-state index contributed by atoms with van der Waals surface area (Å²) in [7, 11) is 0. The van der Waals surface area contributed by atoms with E-state index in [1.54, 1.807) is 37.3 Å². The van der Waals surface area contributed by atoms with Gasteiger partial charge in [-0.25, -0.2) is 9.59 Å². The summed E-state index contributed by atoms with van der Waals surface area (Å²) in [6.45, 7) is 3.26. The van der Waals surface area contributed by atoms with E-state index in [-0.39, 0.29) is 12.5 Å². The molecule has 0 fully saturated rings. The van der Waals surface area contributed by atoms with E-state index in [0.29, 0.717) is 12.0 Å². The fourth-order valence-electron chi connectivity index (χ4n) is 1.71. The van der Waals surface area contributed by atoms with E-state index in [9.17, 15) is 14.4 Å². The number of carbonyl (C=O) groups excluding carboxylic acids is 2. The summed E-state index contributed by atoms with van der Waals surface area (Å²) in [6.07, 6.45) is 0.619. The number of aliphatic carboxylic acids is 1. The molecule has 0 bridgehead atoms. The lowest BCUT2D eigenvalue weighted by molar-refractivity contribution is -0.143. The molecule has 1 rings (SSSR count). The summed E-state index contributed by atoms with van der Waals surface area (Å²) in [4.78, 5) is 39.1. The number of carboxylic acids is 1. The topological polar surface area (TPSA) is 105 Å². The van der Waals surface area contributed by atoms with Crippen molar-refractivity contribution >= 4 is 17.8 Å². The van der Waals surface area contributed by atoms with Crippen LogP contribution in [0, 0.1) is 5.92 Å². The third kappa shape index (κ3) is 5.53. The van der Waals surface area contributed by atoms with Gasteiger partial charge in [-0.1, -0.05) is 38.5 Å². The van der Waals surface area contributed by atoms with Gasteiger partial charge in [-0.05, 0) is 18.1 Å². The van der Waals surface area contributed by atoms with E-state index in [0.717, 1.165) is 0 Å². The second-order valence-corrected chi connectivity index (χ2v) is 4.85. The van der Waals surface area contributed by atoms with E-state index < -0.39 is 23.9 Å². The Kier molecular flexibility index (Phi) is 7.04. The number of hydrogen-bond donors (Lipinski definition) is 3. The number of benzene rings is 1. The third-order valence-corrected chi connectivity index (χ3v) is 3.20. The van der Waals surface area contributed by atoms with Gasteiger partial charge in [-0.15, -0.1) is 5.48 Å². The van der Waals surface area contributed by atoms with Crippen molar-refractivity contribution in [2.45, 2.75) is 26.3 Å². The summed E-state index contributed by atoms with van der Waals surface area (Å²) in [5.74, 6) is -2.48. The Morgan fingerprint density at radius 3 is 2.41 bits per heavy atom. The Morgan fingerprint density at radius 1 is 1.23 bits per heavy atom. The van der Waals surface area contributed by atoms with Gasteiger partial charge in [0.2, 0.25) is 5.91 Å². The van der Waals surface area contributed by atoms with Crippen LogP contribution in [0.5, 0.6) is 0 Å². The van der Waals surface area contributed by atoms with E-state index in [1.807, 2.05) is 6.92 Å². The lowest BCUT2D eigenvalue weighted by Gasteiger charge is -2.20. The van der Waals surface area contributed by atoms with Gasteiger partial charge in [0, 0.05) is 0 Å². The van der Waals surface area contributed by atoms with Gasteiger partial charge in [0.15, 0.2) is 0 Å². The molecule has 0 unspecified atom stereocenters. The molecule has 2 atom stereocenters. The molecular formula is C15H20N2O5. The van der Waals surface area contributed by atoms with Crippen molar-refractivity contribution < 1.29 is 24.3 Å². The summed E-state index contributed by atoms with van der Waals surface area (Å²) < 4.78 is 0. The average Bonchev–Trinajstić information content (AvgIpc) is 2.52. The highest BCUT2D eigenvalue weighted by Gasteiger charge is 2.25. The summed E-state index contributed by atoms with van der Waals surface area (Å²) in [6, 6.07) is 7.32. The van der Waals surface area contributed by atoms with Gasteiger partial charge in [0.25, 0.3) is 0 Å². The van der Waals surface area contributed by atoms with Crippen LogP contribution in [0.1, 0.15) is 30.6 Å². The Labute approximate surface area is 128 Å². The summed E-state index contributed by atoms with van der Waals surface area (Å²) >= 11 is 0. The minimum Gasteiger partial charge on any atom is -0.480 e. The molecule has 0 radical (unpaired) electrons. The lowest BCUT2D eigenvalue weighted by Crippen LogP contribution is -2.48. The molecule has 0 saturated carbocycles. The van der Waals surface area contributed by atoms with Crippen LogP contribution in [0.25, 0.3) is 0 Å². The van der Waals surface area contributed by atoms with Crippen LogP contribution < -0.4 is 10.8 Å². The maximum atomic E-state index is 11.7. The van der Waals surface area contributed by atoms with Crippen molar-refractivity contribution in [3.05, 3.63) is 35.9 Å². The molecule has 1 aromatic carbocycles. The largest absolute Gasteiger partial charge is 0.480 e. The molecule has 0 saturated heterocycles. The normalized spacial score (nSPS) is 13.0. The molecule has 7 heteroatoms. The highest BCUT2D eigenvalue weighted by Crippen LogP contribution is 2.07. The zero-order valence-electron chi connectivity index (χ0n) is 12.5. The number of carboxylic acid groups (broad SMARTS) is 1. The van der Waals surface area contributed by atoms with Gasteiger partial charge in [-0.2, -0.15) is 0 Å². The van der Waals surface area contributed by atoms with Crippen molar-refractivity contribution in [1.82, 2.24) is 10.8 Å². The fraction of sp³-hybridized carbons (Fsp3) is 0.400. The monoisotopic (exact) mass is 308 g/mol. The SMILES string of the molecule is CC[C@H](C)[C@H](NC(=O)CNOC(=O)c1ccccc1)C(=O)O. The number of rotatable bonds is 8. The molecule has 22 heavy (non-hydrogen) atoms. The minimum absolute atomic E-state index is 0.201. The Hall–Kier alpha value is -2.41. The minimum atomic E-state index is -1.09. The molecular weight excluding hydrogens is 288 g/mol. The van der Waals surface area contributed by atoms with Crippen LogP contribution in [-0.2, 0) is 14.4 Å². The maximum Gasteiger partial charge on any atom is 0.356 e. The van der Waals surface area contributed by atoms with Crippen LogP contribution in [0.3, 0.4) is 0 Å². The van der Waals surface area contributed by atoms with Crippen LogP contribution in [-0.4, -0.2) is 35.5 Å². The molecule has 0 aliphatic heterocycles. The third-order valence-electron chi connectivity index (χ3n) is 3.20. The van der Waals surface area contributed by atoms with Crippen molar-refractivity contribution in [2.75, 3.05) is 6.54 Å². The zero-order chi connectivity index (χ0) is 16.5.